The number of aliphatic hydroxyl groups excluding tert-OH is 5. The van der Waals surface area contributed by atoms with Crippen LogP contribution in [0.1, 0.15) is 142 Å². The smallest absolute Gasteiger partial charge is 0.457 e. The van der Waals surface area contributed by atoms with E-state index in [-0.39, 0.29) is 13.0 Å². The molecular formula is C43H75O12P. The average Bonchev–Trinajstić information content (AvgIpc) is 3.18. The molecule has 13 heteroatoms. The van der Waals surface area contributed by atoms with Gasteiger partial charge >= 0.3 is 13.8 Å². The highest BCUT2D eigenvalue weighted by molar-refractivity contribution is 7.47. The summed E-state index contributed by atoms with van der Waals surface area (Å²) in [5.41, 5.74) is 0. The lowest BCUT2D eigenvalue weighted by Gasteiger charge is -2.41. The van der Waals surface area contributed by atoms with Crippen LogP contribution in [0.15, 0.2) is 60.8 Å². The fourth-order valence-electron chi connectivity index (χ4n) is 5.99. The van der Waals surface area contributed by atoms with E-state index in [9.17, 15) is 39.8 Å². The molecular weight excluding hydrogens is 739 g/mol. The number of allylic oxidation sites excluding steroid dienone is 10. The summed E-state index contributed by atoms with van der Waals surface area (Å²) in [5.74, 6) is -0.502. The van der Waals surface area contributed by atoms with Crippen molar-refractivity contribution in [3.05, 3.63) is 60.8 Å². The molecule has 0 aromatic carbocycles. The highest BCUT2D eigenvalue weighted by Gasteiger charge is 2.51. The zero-order chi connectivity index (χ0) is 41.3. The zero-order valence-corrected chi connectivity index (χ0v) is 35.1. The number of phosphoric ester groups is 1. The number of esters is 1. The Morgan fingerprint density at radius 2 is 1.05 bits per heavy atom. The molecule has 0 radical (unpaired) electrons. The molecule has 1 aliphatic rings. The molecule has 0 amide bonds. The van der Waals surface area contributed by atoms with Crippen LogP contribution in [0.3, 0.4) is 0 Å². The van der Waals surface area contributed by atoms with Crippen molar-refractivity contribution in [3.8, 4) is 0 Å². The van der Waals surface area contributed by atoms with Gasteiger partial charge in [0, 0.05) is 13.0 Å². The maximum atomic E-state index is 12.8. The van der Waals surface area contributed by atoms with Crippen molar-refractivity contribution in [2.45, 2.75) is 185 Å². The van der Waals surface area contributed by atoms with Crippen LogP contribution < -0.4 is 0 Å². The Morgan fingerprint density at radius 3 is 1.61 bits per heavy atom. The van der Waals surface area contributed by atoms with Crippen LogP contribution in [0, 0.1) is 0 Å². The van der Waals surface area contributed by atoms with Crippen molar-refractivity contribution in [1.82, 2.24) is 0 Å². The van der Waals surface area contributed by atoms with Gasteiger partial charge in [-0.15, -0.1) is 0 Å². The van der Waals surface area contributed by atoms with Gasteiger partial charge in [0.2, 0.25) is 0 Å². The fourth-order valence-corrected chi connectivity index (χ4v) is 6.97. The third kappa shape index (κ3) is 26.1. The Hall–Kier alpha value is -1.96. The predicted molar refractivity (Wildman–Crippen MR) is 221 cm³/mol. The van der Waals surface area contributed by atoms with E-state index in [1.807, 2.05) is 0 Å². The third-order valence-electron chi connectivity index (χ3n) is 9.36. The fraction of sp³-hybridized carbons (Fsp3) is 0.744. The maximum Gasteiger partial charge on any atom is 0.472 e. The first kappa shape index (κ1) is 52.1. The Kier molecular flexibility index (Phi) is 31.6. The largest absolute Gasteiger partial charge is 0.472 e. The minimum Gasteiger partial charge on any atom is -0.457 e. The molecule has 56 heavy (non-hydrogen) atoms. The van der Waals surface area contributed by atoms with Gasteiger partial charge in [-0.1, -0.05) is 126 Å². The molecule has 0 bridgehead atoms. The molecule has 0 spiro atoms. The summed E-state index contributed by atoms with van der Waals surface area (Å²) in [4.78, 5) is 23.1. The second-order valence-electron chi connectivity index (χ2n) is 14.5. The standard InChI is InChI=1S/C43H75O12P/c1-3-5-7-9-11-13-15-17-19-20-22-24-26-28-30-32-37(44)54-36(34-52-33-31-29-27-25-23-21-18-16-14-12-10-8-6-4-2)35-53-56(50,51)55-43-41(48)39(46)38(45)40(47)42(43)49/h5,7-8,10-11,13-14,16-17,19,36,38-43,45-49H,3-4,6,9,12,15,18,20-35H2,1-2H3,(H,50,51)/b7-5-,10-8-,13-11-,16-14-,19-17-. The molecule has 1 rings (SSSR count). The number of ether oxygens (including phenoxy) is 2. The van der Waals surface area contributed by atoms with Gasteiger partial charge in [0.05, 0.1) is 13.2 Å². The lowest BCUT2D eigenvalue weighted by Crippen LogP contribution is -2.64. The molecule has 1 aliphatic carbocycles. The first-order valence-electron chi connectivity index (χ1n) is 21.1. The van der Waals surface area contributed by atoms with E-state index in [4.69, 9.17) is 18.5 Å². The molecule has 0 aliphatic heterocycles. The number of rotatable bonds is 34. The molecule has 1 fully saturated rings. The van der Waals surface area contributed by atoms with Gasteiger partial charge in [-0.25, -0.2) is 4.57 Å². The van der Waals surface area contributed by atoms with Gasteiger partial charge in [-0.3, -0.25) is 13.8 Å². The highest BCUT2D eigenvalue weighted by atomic mass is 31.2. The maximum absolute atomic E-state index is 12.8. The number of carbonyl (C=O) groups excluding carboxylic acids is 1. The first-order valence-corrected chi connectivity index (χ1v) is 22.6. The highest BCUT2D eigenvalue weighted by Crippen LogP contribution is 2.47. The summed E-state index contributed by atoms with van der Waals surface area (Å²) < 4.78 is 34.1. The van der Waals surface area contributed by atoms with Crippen molar-refractivity contribution in [2.75, 3.05) is 19.8 Å². The van der Waals surface area contributed by atoms with Crippen LogP contribution >= 0.6 is 7.82 Å². The first-order chi connectivity index (χ1) is 27.0. The topological polar surface area (TPSA) is 192 Å². The van der Waals surface area contributed by atoms with E-state index in [0.29, 0.717) is 13.0 Å². The van der Waals surface area contributed by atoms with E-state index in [0.717, 1.165) is 109 Å². The number of carbonyl (C=O) groups is 1. The molecule has 1 saturated carbocycles. The molecule has 0 aromatic rings. The molecule has 0 heterocycles. The van der Waals surface area contributed by atoms with Crippen LogP contribution in [-0.4, -0.2) is 98.9 Å². The number of hydrogen-bond donors (Lipinski definition) is 6. The van der Waals surface area contributed by atoms with Crippen LogP contribution in [0.25, 0.3) is 0 Å². The van der Waals surface area contributed by atoms with Gasteiger partial charge in [0.15, 0.2) is 0 Å². The normalized spacial score (nSPS) is 23.6. The van der Waals surface area contributed by atoms with E-state index >= 15 is 0 Å². The Bertz CT molecular complexity index is 1160. The van der Waals surface area contributed by atoms with Crippen molar-refractivity contribution in [2.24, 2.45) is 0 Å². The Balaban J connectivity index is 2.46. The summed E-state index contributed by atoms with van der Waals surface area (Å²) in [6, 6.07) is 0. The van der Waals surface area contributed by atoms with Gasteiger partial charge < -0.3 is 39.9 Å². The van der Waals surface area contributed by atoms with E-state index in [2.05, 4.69) is 74.6 Å². The lowest BCUT2D eigenvalue weighted by atomic mass is 9.85. The molecule has 0 aromatic heterocycles. The summed E-state index contributed by atoms with van der Waals surface area (Å²) in [6.07, 6.45) is 28.6. The quantitative estimate of drug-likeness (QED) is 0.0160. The monoisotopic (exact) mass is 814 g/mol. The second kappa shape index (κ2) is 34.0. The molecule has 12 nitrogen and oxygen atoms in total. The summed E-state index contributed by atoms with van der Waals surface area (Å²) >= 11 is 0. The van der Waals surface area contributed by atoms with Gasteiger partial charge in [0.25, 0.3) is 0 Å². The number of phosphoric acid groups is 1. The van der Waals surface area contributed by atoms with E-state index in [1.54, 1.807) is 0 Å². The minimum atomic E-state index is -5.02. The predicted octanol–water partition coefficient (Wildman–Crippen LogP) is 7.86. The summed E-state index contributed by atoms with van der Waals surface area (Å²) in [7, 11) is -5.02. The average molecular weight is 815 g/mol. The summed E-state index contributed by atoms with van der Waals surface area (Å²) in [6.45, 7) is 4.01. The van der Waals surface area contributed by atoms with Crippen LogP contribution in [0.2, 0.25) is 0 Å². The van der Waals surface area contributed by atoms with Gasteiger partial charge in [-0.2, -0.15) is 0 Å². The van der Waals surface area contributed by atoms with Crippen LogP contribution in [0.5, 0.6) is 0 Å². The molecule has 6 unspecified atom stereocenters. The van der Waals surface area contributed by atoms with E-state index < -0.39 is 63.1 Å². The van der Waals surface area contributed by atoms with Gasteiger partial charge in [-0.05, 0) is 70.6 Å². The molecule has 0 saturated heterocycles. The molecule has 6 N–H and O–H groups in total. The van der Waals surface area contributed by atoms with Crippen molar-refractivity contribution in [3.63, 3.8) is 0 Å². The third-order valence-corrected chi connectivity index (χ3v) is 10.3. The number of hydrogen-bond acceptors (Lipinski definition) is 11. The molecule has 6 atom stereocenters. The van der Waals surface area contributed by atoms with Crippen molar-refractivity contribution in [1.29, 1.82) is 0 Å². The Labute approximate surface area is 337 Å². The molecule has 324 valence electrons. The second-order valence-corrected chi connectivity index (χ2v) is 15.9. The minimum absolute atomic E-state index is 0.0940. The number of unbranched alkanes of at least 4 members (excludes halogenated alkanes) is 12. The van der Waals surface area contributed by atoms with Crippen LogP contribution in [-0.2, 0) is 27.9 Å². The van der Waals surface area contributed by atoms with Crippen molar-refractivity contribution < 1.29 is 58.3 Å². The Morgan fingerprint density at radius 1 is 0.589 bits per heavy atom. The number of aliphatic hydroxyl groups is 5. The van der Waals surface area contributed by atoms with Crippen LogP contribution in [0.4, 0.5) is 0 Å². The van der Waals surface area contributed by atoms with Gasteiger partial charge in [0.1, 0.15) is 42.7 Å². The summed E-state index contributed by atoms with van der Waals surface area (Å²) in [5, 5.41) is 50.1. The lowest BCUT2D eigenvalue weighted by molar-refractivity contribution is -0.220. The zero-order valence-electron chi connectivity index (χ0n) is 34.2. The SMILES string of the molecule is CC/C=C\C/C=C\C/C=C\CCCCCCCC(=O)OC(COCCCCCCCC/C=C\C/C=C\CCC)COP(=O)(O)OC1C(O)C(O)C(O)C(O)C1O. The van der Waals surface area contributed by atoms with E-state index in [1.165, 1.54) is 6.42 Å². The van der Waals surface area contributed by atoms with Crippen molar-refractivity contribution >= 4 is 13.8 Å².